The van der Waals surface area contributed by atoms with Crippen LogP contribution in [0.2, 0.25) is 0 Å². The molecule has 2 rings (SSSR count). The summed E-state index contributed by atoms with van der Waals surface area (Å²) in [6.45, 7) is 3.90. The Bertz CT molecular complexity index is 655. The van der Waals surface area contributed by atoms with Gasteiger partial charge in [0.15, 0.2) is 0 Å². The Balaban J connectivity index is 1.93. The number of aromatic nitrogens is 2. The quantitative estimate of drug-likeness (QED) is 0.736. The standard InChI is InChI=1S/C15H15N5O2/c1-2-7-18-15(22)20-12-5-3-11(4-6-12)19-14(21)13-10-16-8-9-17-13/h2-6,8-10H,1,7H2,(H,19,21)(H2,18,20,22). The lowest BCUT2D eigenvalue weighted by molar-refractivity contribution is 0.102. The van der Waals surface area contributed by atoms with Gasteiger partial charge in [-0.25, -0.2) is 9.78 Å². The van der Waals surface area contributed by atoms with Crippen molar-refractivity contribution >= 4 is 23.3 Å². The highest BCUT2D eigenvalue weighted by Gasteiger charge is 2.07. The van der Waals surface area contributed by atoms with Gasteiger partial charge in [0.05, 0.1) is 6.20 Å². The van der Waals surface area contributed by atoms with E-state index in [0.717, 1.165) is 0 Å². The van der Waals surface area contributed by atoms with Crippen LogP contribution in [0.5, 0.6) is 0 Å². The van der Waals surface area contributed by atoms with Crippen molar-refractivity contribution in [2.24, 2.45) is 0 Å². The van der Waals surface area contributed by atoms with E-state index in [9.17, 15) is 9.59 Å². The minimum atomic E-state index is -0.350. The van der Waals surface area contributed by atoms with E-state index in [0.29, 0.717) is 17.9 Å². The monoisotopic (exact) mass is 297 g/mol. The molecule has 7 nitrogen and oxygen atoms in total. The Morgan fingerprint density at radius 1 is 1.09 bits per heavy atom. The van der Waals surface area contributed by atoms with Crippen molar-refractivity contribution in [2.75, 3.05) is 17.2 Å². The topological polar surface area (TPSA) is 96.0 Å². The number of rotatable bonds is 5. The van der Waals surface area contributed by atoms with Crippen molar-refractivity contribution in [3.05, 3.63) is 61.2 Å². The van der Waals surface area contributed by atoms with Crippen molar-refractivity contribution < 1.29 is 9.59 Å². The molecule has 0 aliphatic carbocycles. The molecule has 0 saturated carbocycles. The maximum Gasteiger partial charge on any atom is 0.319 e. The molecule has 3 amide bonds. The molecule has 0 atom stereocenters. The van der Waals surface area contributed by atoms with Crippen LogP contribution in [0.15, 0.2) is 55.5 Å². The maximum absolute atomic E-state index is 11.9. The van der Waals surface area contributed by atoms with Crippen molar-refractivity contribution in [1.29, 1.82) is 0 Å². The lowest BCUT2D eigenvalue weighted by Crippen LogP contribution is -2.28. The zero-order valence-corrected chi connectivity index (χ0v) is 11.7. The fraction of sp³-hybridized carbons (Fsp3) is 0.0667. The van der Waals surface area contributed by atoms with E-state index >= 15 is 0 Å². The molecule has 0 saturated heterocycles. The van der Waals surface area contributed by atoms with Gasteiger partial charge in [0.1, 0.15) is 5.69 Å². The van der Waals surface area contributed by atoms with Gasteiger partial charge < -0.3 is 16.0 Å². The zero-order chi connectivity index (χ0) is 15.8. The smallest absolute Gasteiger partial charge is 0.319 e. The normalized spacial score (nSPS) is 9.64. The van der Waals surface area contributed by atoms with Crippen LogP contribution < -0.4 is 16.0 Å². The van der Waals surface area contributed by atoms with Gasteiger partial charge >= 0.3 is 6.03 Å². The molecule has 2 aromatic rings. The average Bonchev–Trinajstić information content (AvgIpc) is 2.55. The van der Waals surface area contributed by atoms with E-state index in [1.807, 2.05) is 0 Å². The molecule has 0 aliphatic rings. The number of carbonyl (C=O) groups is 2. The summed E-state index contributed by atoms with van der Waals surface area (Å²) < 4.78 is 0. The Kier molecular flexibility index (Phi) is 5.20. The van der Waals surface area contributed by atoms with Gasteiger partial charge in [-0.15, -0.1) is 6.58 Å². The summed E-state index contributed by atoms with van der Waals surface area (Å²) in [5.41, 5.74) is 1.43. The van der Waals surface area contributed by atoms with Crippen molar-refractivity contribution in [2.45, 2.75) is 0 Å². The molecule has 3 N–H and O–H groups in total. The van der Waals surface area contributed by atoms with Crippen molar-refractivity contribution in [1.82, 2.24) is 15.3 Å². The molecule has 0 aliphatic heterocycles. The molecule has 22 heavy (non-hydrogen) atoms. The largest absolute Gasteiger partial charge is 0.334 e. The molecule has 7 heteroatoms. The summed E-state index contributed by atoms with van der Waals surface area (Å²) in [5.74, 6) is -0.350. The molecule has 0 fully saturated rings. The molecule has 0 unspecified atom stereocenters. The number of urea groups is 1. The molecule has 1 aromatic heterocycles. The molecule has 112 valence electrons. The molecule has 0 spiro atoms. The minimum Gasteiger partial charge on any atom is -0.334 e. The van der Waals surface area contributed by atoms with Crippen LogP contribution in [0.1, 0.15) is 10.5 Å². The first-order valence-electron chi connectivity index (χ1n) is 6.52. The molecular weight excluding hydrogens is 282 g/mol. The van der Waals surface area contributed by atoms with E-state index in [-0.39, 0.29) is 17.6 Å². The van der Waals surface area contributed by atoms with Crippen LogP contribution in [0, 0.1) is 0 Å². The Morgan fingerprint density at radius 3 is 2.36 bits per heavy atom. The van der Waals surface area contributed by atoms with Gasteiger partial charge in [-0.2, -0.15) is 0 Å². The van der Waals surface area contributed by atoms with Gasteiger partial charge in [-0.3, -0.25) is 9.78 Å². The highest BCUT2D eigenvalue weighted by atomic mass is 16.2. The van der Waals surface area contributed by atoms with Gasteiger partial charge in [0.25, 0.3) is 5.91 Å². The maximum atomic E-state index is 11.9. The second-order valence-electron chi connectivity index (χ2n) is 4.25. The third-order valence-corrected chi connectivity index (χ3v) is 2.60. The number of nitrogens with zero attached hydrogens (tertiary/aromatic N) is 2. The van der Waals surface area contributed by atoms with Gasteiger partial charge in [0.2, 0.25) is 0 Å². The van der Waals surface area contributed by atoms with E-state index in [1.54, 1.807) is 30.3 Å². The van der Waals surface area contributed by atoms with E-state index < -0.39 is 0 Å². The highest BCUT2D eigenvalue weighted by molar-refractivity contribution is 6.02. The lowest BCUT2D eigenvalue weighted by atomic mass is 10.2. The summed E-state index contributed by atoms with van der Waals surface area (Å²) in [4.78, 5) is 31.1. The Morgan fingerprint density at radius 2 is 1.77 bits per heavy atom. The third kappa shape index (κ3) is 4.41. The van der Waals surface area contributed by atoms with Crippen molar-refractivity contribution in [3.63, 3.8) is 0 Å². The minimum absolute atomic E-state index is 0.230. The summed E-state index contributed by atoms with van der Waals surface area (Å²) in [6, 6.07) is 6.39. The summed E-state index contributed by atoms with van der Waals surface area (Å²) in [5, 5.41) is 7.94. The number of benzene rings is 1. The Hall–Kier alpha value is -3.22. The predicted molar refractivity (Wildman–Crippen MR) is 83.6 cm³/mol. The summed E-state index contributed by atoms with van der Waals surface area (Å²) in [7, 11) is 0. The summed E-state index contributed by atoms with van der Waals surface area (Å²) in [6.07, 6.45) is 5.92. The van der Waals surface area contributed by atoms with Crippen LogP contribution in [0.3, 0.4) is 0 Å². The van der Waals surface area contributed by atoms with E-state index in [4.69, 9.17) is 0 Å². The number of nitrogens with one attached hydrogen (secondary N) is 3. The average molecular weight is 297 g/mol. The van der Waals surface area contributed by atoms with Crippen LogP contribution in [0.25, 0.3) is 0 Å². The van der Waals surface area contributed by atoms with Gasteiger partial charge in [-0.1, -0.05) is 6.08 Å². The first kappa shape index (κ1) is 15.2. The number of hydrogen-bond acceptors (Lipinski definition) is 4. The lowest BCUT2D eigenvalue weighted by Gasteiger charge is -2.08. The van der Waals surface area contributed by atoms with Crippen LogP contribution >= 0.6 is 0 Å². The van der Waals surface area contributed by atoms with Crippen LogP contribution in [0.4, 0.5) is 16.2 Å². The third-order valence-electron chi connectivity index (χ3n) is 2.60. The zero-order valence-electron chi connectivity index (χ0n) is 11.7. The molecule has 1 heterocycles. The van der Waals surface area contributed by atoms with E-state index in [2.05, 4.69) is 32.5 Å². The molecule has 0 bridgehead atoms. The van der Waals surface area contributed by atoms with Crippen molar-refractivity contribution in [3.8, 4) is 0 Å². The molecule has 1 aromatic carbocycles. The number of carbonyl (C=O) groups excluding carboxylic acids is 2. The fourth-order valence-corrected chi connectivity index (χ4v) is 1.59. The first-order valence-corrected chi connectivity index (χ1v) is 6.52. The highest BCUT2D eigenvalue weighted by Crippen LogP contribution is 2.14. The number of anilines is 2. The SMILES string of the molecule is C=CCNC(=O)Nc1ccc(NC(=O)c2cnccn2)cc1. The molecular formula is C15H15N5O2. The van der Waals surface area contributed by atoms with Crippen LogP contribution in [-0.4, -0.2) is 28.5 Å². The van der Waals surface area contributed by atoms with Crippen LogP contribution in [-0.2, 0) is 0 Å². The number of amides is 3. The van der Waals surface area contributed by atoms with Gasteiger partial charge in [0, 0.05) is 30.3 Å². The second-order valence-corrected chi connectivity index (χ2v) is 4.25. The Labute approximate surface area is 127 Å². The first-order chi connectivity index (χ1) is 10.7. The summed E-state index contributed by atoms with van der Waals surface area (Å²) >= 11 is 0. The number of hydrogen-bond donors (Lipinski definition) is 3. The van der Waals surface area contributed by atoms with Gasteiger partial charge in [-0.05, 0) is 24.3 Å². The van der Waals surface area contributed by atoms with E-state index in [1.165, 1.54) is 18.6 Å². The fourth-order valence-electron chi connectivity index (χ4n) is 1.59. The predicted octanol–water partition coefficient (Wildman–Crippen LogP) is 2.04. The second kappa shape index (κ2) is 7.53. The molecule has 0 radical (unpaired) electrons.